The van der Waals surface area contributed by atoms with Gasteiger partial charge in [0.05, 0.1) is 27.0 Å². The van der Waals surface area contributed by atoms with Crippen molar-refractivity contribution in [3.63, 3.8) is 0 Å². The van der Waals surface area contributed by atoms with Crippen molar-refractivity contribution < 1.29 is 13.6 Å². The number of likely N-dealkylation sites (tertiary alicyclic amines) is 1. The van der Waals surface area contributed by atoms with Gasteiger partial charge >= 0.3 is 0 Å². The number of pyridine rings is 1. The second kappa shape index (κ2) is 9.46. The van der Waals surface area contributed by atoms with Gasteiger partial charge < -0.3 is 10.2 Å². The minimum absolute atomic E-state index is 0.0528. The molecule has 1 fully saturated rings. The number of carbonyl (C=O) groups is 1. The largest absolute Gasteiger partial charge is 0.353 e. The van der Waals surface area contributed by atoms with Crippen molar-refractivity contribution in [3.8, 4) is 0 Å². The average Bonchev–Trinajstić information content (AvgIpc) is 2.80. The van der Waals surface area contributed by atoms with Crippen molar-refractivity contribution in [1.29, 1.82) is 0 Å². The Morgan fingerprint density at radius 2 is 1.84 bits per heavy atom. The SMILES string of the molecule is Cc1c(S)ncc(C(=O)N2CCC(c3ccc(F)cc3)CC2)c1Nc1cccc(F)c1Cl. The Hall–Kier alpha value is -2.64. The molecule has 1 aliphatic rings. The molecule has 1 amide bonds. The van der Waals surface area contributed by atoms with E-state index < -0.39 is 5.82 Å². The molecule has 1 saturated heterocycles. The Balaban J connectivity index is 1.56. The van der Waals surface area contributed by atoms with Gasteiger partial charge in [0, 0.05) is 24.8 Å². The molecule has 0 atom stereocenters. The molecule has 1 N–H and O–H groups in total. The summed E-state index contributed by atoms with van der Waals surface area (Å²) in [5.74, 6) is -0.690. The van der Waals surface area contributed by atoms with Crippen molar-refractivity contribution in [2.75, 3.05) is 18.4 Å². The molecule has 0 unspecified atom stereocenters. The molecule has 2 heterocycles. The molecule has 32 heavy (non-hydrogen) atoms. The molecule has 0 radical (unpaired) electrons. The van der Waals surface area contributed by atoms with E-state index in [0.717, 1.165) is 18.4 Å². The Labute approximate surface area is 196 Å². The van der Waals surface area contributed by atoms with Crippen LogP contribution in [-0.4, -0.2) is 28.9 Å². The zero-order chi connectivity index (χ0) is 22.8. The summed E-state index contributed by atoms with van der Waals surface area (Å²) < 4.78 is 27.1. The van der Waals surface area contributed by atoms with Crippen LogP contribution >= 0.6 is 24.2 Å². The summed E-state index contributed by atoms with van der Waals surface area (Å²) in [6, 6.07) is 11.0. The minimum Gasteiger partial charge on any atom is -0.353 e. The third kappa shape index (κ3) is 4.59. The van der Waals surface area contributed by atoms with Gasteiger partial charge in [-0.2, -0.15) is 0 Å². The van der Waals surface area contributed by atoms with E-state index in [2.05, 4.69) is 22.9 Å². The van der Waals surface area contributed by atoms with E-state index in [9.17, 15) is 13.6 Å². The maximum Gasteiger partial charge on any atom is 0.257 e. The average molecular weight is 474 g/mol. The highest BCUT2D eigenvalue weighted by Gasteiger charge is 2.27. The van der Waals surface area contributed by atoms with Crippen molar-refractivity contribution in [1.82, 2.24) is 9.88 Å². The number of nitrogens with zero attached hydrogens (tertiary/aromatic N) is 2. The fourth-order valence-electron chi connectivity index (χ4n) is 3.98. The number of hydrogen-bond acceptors (Lipinski definition) is 4. The first kappa shape index (κ1) is 22.6. The lowest BCUT2D eigenvalue weighted by Crippen LogP contribution is -2.38. The number of halogens is 3. The molecule has 2 aromatic carbocycles. The lowest BCUT2D eigenvalue weighted by molar-refractivity contribution is 0.0713. The second-order valence-electron chi connectivity index (χ2n) is 7.84. The van der Waals surface area contributed by atoms with Crippen molar-refractivity contribution in [2.45, 2.75) is 30.7 Å². The third-order valence-electron chi connectivity index (χ3n) is 5.86. The fraction of sp³-hybridized carbons (Fsp3) is 0.250. The topological polar surface area (TPSA) is 45.2 Å². The fourth-order valence-corrected chi connectivity index (χ4v) is 4.32. The smallest absolute Gasteiger partial charge is 0.257 e. The molecule has 3 aromatic rings. The Morgan fingerprint density at radius 1 is 1.16 bits per heavy atom. The number of aromatic nitrogens is 1. The van der Waals surface area contributed by atoms with Crippen LogP contribution in [0.2, 0.25) is 5.02 Å². The van der Waals surface area contributed by atoms with Gasteiger partial charge in [0.25, 0.3) is 5.91 Å². The van der Waals surface area contributed by atoms with E-state index in [1.807, 2.05) is 0 Å². The van der Waals surface area contributed by atoms with Crippen LogP contribution in [0, 0.1) is 18.6 Å². The van der Waals surface area contributed by atoms with E-state index >= 15 is 0 Å². The van der Waals surface area contributed by atoms with Crippen LogP contribution in [0.3, 0.4) is 0 Å². The van der Waals surface area contributed by atoms with Crippen molar-refractivity contribution >= 4 is 41.5 Å². The first-order chi connectivity index (χ1) is 15.3. The van der Waals surface area contributed by atoms with Gasteiger partial charge in [0.15, 0.2) is 0 Å². The molecular weight excluding hydrogens is 452 g/mol. The lowest BCUT2D eigenvalue weighted by atomic mass is 9.89. The number of carbonyl (C=O) groups excluding carboxylic acids is 1. The zero-order valence-corrected chi connectivity index (χ0v) is 19.1. The molecule has 1 aliphatic heterocycles. The molecule has 0 spiro atoms. The first-order valence-electron chi connectivity index (χ1n) is 10.3. The van der Waals surface area contributed by atoms with Gasteiger partial charge in [-0.05, 0) is 55.5 Å². The Kier molecular flexibility index (Phi) is 6.67. The molecule has 1 aromatic heterocycles. The zero-order valence-electron chi connectivity index (χ0n) is 17.4. The number of anilines is 2. The first-order valence-corrected chi connectivity index (χ1v) is 11.1. The number of piperidine rings is 1. The minimum atomic E-state index is -0.551. The number of amides is 1. The number of thiol groups is 1. The maximum atomic E-state index is 13.9. The molecule has 4 nitrogen and oxygen atoms in total. The van der Waals surface area contributed by atoms with E-state index in [-0.39, 0.29) is 22.7 Å². The number of rotatable bonds is 4. The standard InChI is InChI=1S/C24H22ClF2N3OS/c1-14-22(29-20-4-2-3-19(27)21(20)25)18(13-28-23(14)32)24(31)30-11-9-16(10-12-30)15-5-7-17(26)8-6-15/h2-8,13,16H,9-12H2,1H3,(H2,28,29,32). The van der Waals surface area contributed by atoms with Crippen molar-refractivity contribution in [3.05, 3.63) is 82.0 Å². The summed E-state index contributed by atoms with van der Waals surface area (Å²) in [4.78, 5) is 19.4. The number of nitrogens with one attached hydrogen (secondary N) is 1. The Morgan fingerprint density at radius 3 is 2.53 bits per heavy atom. The van der Waals surface area contributed by atoms with Crippen LogP contribution in [-0.2, 0) is 0 Å². The Bertz CT molecular complexity index is 1150. The van der Waals surface area contributed by atoms with Gasteiger partial charge in [0.2, 0.25) is 0 Å². The lowest BCUT2D eigenvalue weighted by Gasteiger charge is -2.33. The summed E-state index contributed by atoms with van der Waals surface area (Å²) in [5.41, 5.74) is 2.99. The summed E-state index contributed by atoms with van der Waals surface area (Å²) in [7, 11) is 0. The second-order valence-corrected chi connectivity index (χ2v) is 8.64. The van der Waals surface area contributed by atoms with Gasteiger partial charge in [0.1, 0.15) is 11.6 Å². The van der Waals surface area contributed by atoms with E-state index in [0.29, 0.717) is 40.6 Å². The highest BCUT2D eigenvalue weighted by atomic mass is 35.5. The third-order valence-corrected chi connectivity index (χ3v) is 6.70. The van der Waals surface area contributed by atoms with E-state index in [4.69, 9.17) is 11.6 Å². The molecule has 166 valence electrons. The van der Waals surface area contributed by atoms with Crippen LogP contribution in [0.1, 0.15) is 40.2 Å². The molecule has 0 aliphatic carbocycles. The van der Waals surface area contributed by atoms with Gasteiger partial charge in [-0.3, -0.25) is 4.79 Å². The number of hydrogen-bond donors (Lipinski definition) is 2. The summed E-state index contributed by atoms with van der Waals surface area (Å²) in [5, 5.41) is 3.52. The van der Waals surface area contributed by atoms with Crippen LogP contribution < -0.4 is 5.32 Å². The van der Waals surface area contributed by atoms with Crippen molar-refractivity contribution in [2.24, 2.45) is 0 Å². The monoisotopic (exact) mass is 473 g/mol. The summed E-state index contributed by atoms with van der Waals surface area (Å²) in [6.07, 6.45) is 3.05. The highest BCUT2D eigenvalue weighted by Crippen LogP contribution is 2.34. The highest BCUT2D eigenvalue weighted by molar-refractivity contribution is 7.80. The van der Waals surface area contributed by atoms with E-state index in [1.54, 1.807) is 36.1 Å². The molecule has 0 bridgehead atoms. The molecule has 4 rings (SSSR count). The van der Waals surface area contributed by atoms with Crippen LogP contribution in [0.25, 0.3) is 0 Å². The van der Waals surface area contributed by atoms with Crippen LogP contribution in [0.15, 0.2) is 53.7 Å². The summed E-state index contributed by atoms with van der Waals surface area (Å²) in [6.45, 7) is 2.94. The van der Waals surface area contributed by atoms with Crippen LogP contribution in [0.4, 0.5) is 20.2 Å². The van der Waals surface area contributed by atoms with Crippen LogP contribution in [0.5, 0.6) is 0 Å². The van der Waals surface area contributed by atoms with Gasteiger partial charge in [-0.1, -0.05) is 29.8 Å². The quantitative estimate of drug-likeness (QED) is 0.432. The molecule has 0 saturated carbocycles. The predicted octanol–water partition coefficient (Wildman–Crippen LogP) is 6.37. The van der Waals surface area contributed by atoms with Gasteiger partial charge in [-0.25, -0.2) is 13.8 Å². The molecular formula is C24H22ClF2N3OS. The molecule has 8 heteroatoms. The normalized spacial score (nSPS) is 14.5. The van der Waals surface area contributed by atoms with E-state index in [1.165, 1.54) is 24.4 Å². The van der Waals surface area contributed by atoms with Gasteiger partial charge in [-0.15, -0.1) is 12.6 Å². The predicted molar refractivity (Wildman–Crippen MR) is 125 cm³/mol. The number of benzene rings is 2. The summed E-state index contributed by atoms with van der Waals surface area (Å²) >= 11 is 10.5. The maximum absolute atomic E-state index is 13.9.